The highest BCUT2D eigenvalue weighted by Gasteiger charge is 2.44. The Morgan fingerprint density at radius 2 is 1.79 bits per heavy atom. The largest absolute Gasteiger partial charge is 0.494 e. The molecule has 1 aliphatic heterocycles. The monoisotopic (exact) mass is 493 g/mol. The van der Waals surface area contributed by atoms with Crippen LogP contribution >= 0.6 is 23.8 Å². The van der Waals surface area contributed by atoms with Crippen LogP contribution in [0.25, 0.3) is 0 Å². The van der Waals surface area contributed by atoms with Gasteiger partial charge in [-0.25, -0.2) is 0 Å². The number of nitrogens with zero attached hydrogens (tertiary/aromatic N) is 2. The molecular formula is C26H24ClN3O3S. The smallest absolute Gasteiger partial charge is 0.256 e. The Bertz CT molecular complexity index is 1190. The average Bonchev–Trinajstić information content (AvgIpc) is 3.05. The molecule has 1 fully saturated rings. The van der Waals surface area contributed by atoms with E-state index in [-0.39, 0.29) is 18.2 Å². The fourth-order valence-electron chi connectivity index (χ4n) is 3.84. The minimum Gasteiger partial charge on any atom is -0.494 e. The van der Waals surface area contributed by atoms with Gasteiger partial charge in [-0.1, -0.05) is 48.0 Å². The van der Waals surface area contributed by atoms with E-state index in [4.69, 9.17) is 28.6 Å². The third-order valence-corrected chi connectivity index (χ3v) is 6.06. The highest BCUT2D eigenvalue weighted by molar-refractivity contribution is 7.80. The molecule has 1 heterocycles. The lowest BCUT2D eigenvalue weighted by Gasteiger charge is -2.24. The lowest BCUT2D eigenvalue weighted by atomic mass is 10.1. The van der Waals surface area contributed by atoms with E-state index in [0.29, 0.717) is 34.7 Å². The van der Waals surface area contributed by atoms with Crippen LogP contribution in [0.3, 0.4) is 0 Å². The molecular weight excluding hydrogens is 470 g/mol. The van der Waals surface area contributed by atoms with E-state index in [1.807, 2.05) is 37.3 Å². The zero-order valence-electron chi connectivity index (χ0n) is 18.6. The van der Waals surface area contributed by atoms with Gasteiger partial charge in [-0.05, 0) is 67.2 Å². The van der Waals surface area contributed by atoms with Crippen molar-refractivity contribution in [3.05, 3.63) is 89.4 Å². The Kier molecular flexibility index (Phi) is 7.45. The summed E-state index contributed by atoms with van der Waals surface area (Å²) in [6, 6.07) is 23.1. The summed E-state index contributed by atoms with van der Waals surface area (Å²) in [6.07, 6.45) is -0.0456. The second-order valence-corrected chi connectivity index (χ2v) is 8.58. The maximum atomic E-state index is 13.5. The highest BCUT2D eigenvalue weighted by Crippen LogP contribution is 2.30. The summed E-state index contributed by atoms with van der Waals surface area (Å²) in [7, 11) is 0. The van der Waals surface area contributed by atoms with Crippen molar-refractivity contribution in [1.82, 2.24) is 4.90 Å². The Balaban J connectivity index is 1.56. The van der Waals surface area contributed by atoms with Gasteiger partial charge >= 0.3 is 0 Å². The van der Waals surface area contributed by atoms with Gasteiger partial charge in [0.05, 0.1) is 18.7 Å². The number of ether oxygens (including phenoxy) is 1. The summed E-state index contributed by atoms with van der Waals surface area (Å²) >= 11 is 11.9. The number of carbonyl (C=O) groups is 2. The highest BCUT2D eigenvalue weighted by atomic mass is 35.5. The zero-order chi connectivity index (χ0) is 24.1. The molecule has 3 aromatic carbocycles. The minimum atomic E-state index is -0.741. The lowest BCUT2D eigenvalue weighted by Crippen LogP contribution is -2.37. The normalized spacial score (nSPS) is 15.5. The summed E-state index contributed by atoms with van der Waals surface area (Å²) in [4.78, 5) is 29.7. The van der Waals surface area contributed by atoms with Gasteiger partial charge in [0.25, 0.3) is 5.91 Å². The predicted octanol–water partition coefficient (Wildman–Crippen LogP) is 5.27. The van der Waals surface area contributed by atoms with Crippen LogP contribution < -0.4 is 15.0 Å². The van der Waals surface area contributed by atoms with Crippen molar-refractivity contribution in [2.45, 2.75) is 25.9 Å². The van der Waals surface area contributed by atoms with Crippen molar-refractivity contribution in [3.63, 3.8) is 0 Å². The summed E-state index contributed by atoms with van der Waals surface area (Å²) in [5.41, 5.74) is 2.19. The van der Waals surface area contributed by atoms with Gasteiger partial charge in [0.15, 0.2) is 5.11 Å². The van der Waals surface area contributed by atoms with Gasteiger partial charge in [0, 0.05) is 17.3 Å². The van der Waals surface area contributed by atoms with E-state index in [1.165, 1.54) is 4.90 Å². The molecule has 0 saturated carbocycles. The summed E-state index contributed by atoms with van der Waals surface area (Å²) in [6.45, 7) is 2.88. The fraction of sp³-hybridized carbons (Fsp3) is 0.192. The van der Waals surface area contributed by atoms with Gasteiger partial charge in [0.1, 0.15) is 11.8 Å². The van der Waals surface area contributed by atoms with Crippen LogP contribution in [-0.4, -0.2) is 34.5 Å². The van der Waals surface area contributed by atoms with Crippen molar-refractivity contribution in [2.75, 3.05) is 16.8 Å². The third kappa shape index (κ3) is 5.38. The Morgan fingerprint density at radius 3 is 2.47 bits per heavy atom. The van der Waals surface area contributed by atoms with Gasteiger partial charge in [-0.15, -0.1) is 0 Å². The van der Waals surface area contributed by atoms with Crippen LogP contribution in [-0.2, 0) is 16.1 Å². The van der Waals surface area contributed by atoms with Crippen molar-refractivity contribution in [3.8, 4) is 5.75 Å². The van der Waals surface area contributed by atoms with Gasteiger partial charge in [-0.2, -0.15) is 0 Å². The molecule has 1 aliphatic rings. The molecule has 1 atom stereocenters. The molecule has 6 nitrogen and oxygen atoms in total. The molecule has 8 heteroatoms. The molecule has 0 aliphatic carbocycles. The van der Waals surface area contributed by atoms with Crippen molar-refractivity contribution < 1.29 is 14.3 Å². The molecule has 0 spiro atoms. The molecule has 0 aromatic heterocycles. The number of hydrogen-bond acceptors (Lipinski definition) is 4. The van der Waals surface area contributed by atoms with Crippen LogP contribution in [0.15, 0.2) is 78.9 Å². The van der Waals surface area contributed by atoms with Crippen molar-refractivity contribution >= 4 is 52.1 Å². The average molecular weight is 494 g/mol. The molecule has 0 bridgehead atoms. The summed E-state index contributed by atoms with van der Waals surface area (Å²) in [5.74, 6) is 0.185. The topological polar surface area (TPSA) is 61.9 Å². The van der Waals surface area contributed by atoms with E-state index >= 15 is 0 Å². The number of rotatable bonds is 8. The van der Waals surface area contributed by atoms with Gasteiger partial charge < -0.3 is 15.0 Å². The zero-order valence-corrected chi connectivity index (χ0v) is 20.2. The van der Waals surface area contributed by atoms with Crippen LogP contribution in [0, 0.1) is 0 Å². The Morgan fingerprint density at radius 1 is 1.06 bits per heavy atom. The Labute approximate surface area is 209 Å². The first kappa shape index (κ1) is 23.7. The summed E-state index contributed by atoms with van der Waals surface area (Å²) < 4.78 is 5.44. The quantitative estimate of drug-likeness (QED) is 0.433. The minimum absolute atomic E-state index is 0.0456. The van der Waals surface area contributed by atoms with Gasteiger partial charge in [-0.3, -0.25) is 14.5 Å². The molecule has 1 saturated heterocycles. The molecule has 34 heavy (non-hydrogen) atoms. The molecule has 1 unspecified atom stereocenters. The van der Waals surface area contributed by atoms with E-state index in [1.54, 1.807) is 53.4 Å². The fourth-order valence-corrected chi connectivity index (χ4v) is 4.41. The van der Waals surface area contributed by atoms with Crippen LogP contribution in [0.2, 0.25) is 5.02 Å². The first-order chi connectivity index (χ1) is 16.5. The number of nitrogens with one attached hydrogen (secondary N) is 1. The lowest BCUT2D eigenvalue weighted by molar-refractivity contribution is -0.124. The molecule has 3 aromatic rings. The molecule has 4 rings (SSSR count). The van der Waals surface area contributed by atoms with Crippen molar-refractivity contribution in [1.29, 1.82) is 0 Å². The maximum Gasteiger partial charge on any atom is 0.256 e. The molecule has 1 N–H and O–H groups in total. The SMILES string of the molecule is CCOc1ccc(NC(=O)CC2C(=O)N(c3cccc(Cl)c3)C(=S)N2Cc2ccccc2)cc1. The first-order valence-electron chi connectivity index (χ1n) is 10.9. The van der Waals surface area contributed by atoms with Gasteiger partial charge in [0.2, 0.25) is 5.91 Å². The number of anilines is 2. The van der Waals surface area contributed by atoms with E-state index in [2.05, 4.69) is 5.32 Å². The maximum absolute atomic E-state index is 13.5. The number of hydrogen-bond donors (Lipinski definition) is 1. The number of halogens is 1. The second-order valence-electron chi connectivity index (χ2n) is 7.78. The third-order valence-electron chi connectivity index (χ3n) is 5.41. The second kappa shape index (κ2) is 10.7. The van der Waals surface area contributed by atoms with E-state index in [9.17, 15) is 9.59 Å². The number of carbonyl (C=O) groups excluding carboxylic acids is 2. The molecule has 174 valence electrons. The first-order valence-corrected chi connectivity index (χ1v) is 11.7. The summed E-state index contributed by atoms with van der Waals surface area (Å²) in [5, 5.41) is 3.71. The number of thiocarbonyl (C=S) groups is 1. The van der Waals surface area contributed by atoms with Crippen LogP contribution in [0.1, 0.15) is 18.9 Å². The predicted molar refractivity (Wildman–Crippen MR) is 138 cm³/mol. The number of benzene rings is 3. The number of amides is 2. The Hall–Kier alpha value is -3.42. The van der Waals surface area contributed by atoms with E-state index < -0.39 is 6.04 Å². The van der Waals surface area contributed by atoms with E-state index in [0.717, 1.165) is 11.3 Å². The van der Waals surface area contributed by atoms with Crippen LogP contribution in [0.4, 0.5) is 11.4 Å². The standard InChI is InChI=1S/C26H24ClN3O3S/c1-2-33-22-13-11-20(12-14-22)28-24(31)16-23-25(32)30(21-10-6-9-19(27)15-21)26(34)29(23)17-18-7-4-3-5-8-18/h3-15,23H,2,16-17H2,1H3,(H,28,31). The van der Waals surface area contributed by atoms with Crippen molar-refractivity contribution in [2.24, 2.45) is 0 Å². The molecule has 0 radical (unpaired) electrons. The van der Waals surface area contributed by atoms with Crippen LogP contribution in [0.5, 0.6) is 5.75 Å². The molecule has 2 amide bonds.